The summed E-state index contributed by atoms with van der Waals surface area (Å²) >= 11 is 0. The molecule has 16 heavy (non-hydrogen) atoms. The third-order valence-corrected chi connectivity index (χ3v) is 2.12. The van der Waals surface area contributed by atoms with Gasteiger partial charge in [-0.1, -0.05) is 6.07 Å². The molecule has 0 amide bonds. The third kappa shape index (κ3) is 3.71. The number of halogens is 2. The second-order valence-corrected chi connectivity index (χ2v) is 3.22. The Hall–Kier alpha value is -1.27. The Balaban J connectivity index is 2.63. The van der Waals surface area contributed by atoms with Crippen LogP contribution < -0.4 is 15.8 Å². The lowest BCUT2D eigenvalue weighted by molar-refractivity contribution is 0.141. The van der Waals surface area contributed by atoms with Gasteiger partial charge in [0.2, 0.25) is 5.88 Å². The van der Waals surface area contributed by atoms with E-state index in [-0.39, 0.29) is 19.1 Å². The molecule has 0 radical (unpaired) electrons. The van der Waals surface area contributed by atoms with Gasteiger partial charge in [0.05, 0.1) is 13.7 Å². The first-order valence-corrected chi connectivity index (χ1v) is 4.89. The van der Waals surface area contributed by atoms with Gasteiger partial charge in [0.25, 0.3) is 6.43 Å². The van der Waals surface area contributed by atoms with Crippen molar-refractivity contribution in [1.82, 2.24) is 10.3 Å². The number of aromatic nitrogens is 1. The predicted molar refractivity (Wildman–Crippen MR) is 56.6 cm³/mol. The molecular formula is C10H15F2N3O. The lowest BCUT2D eigenvalue weighted by Crippen LogP contribution is -2.31. The third-order valence-electron chi connectivity index (χ3n) is 2.12. The second kappa shape index (κ2) is 6.34. The SMILES string of the molecule is COc1ccc(C(CN)NCC(F)F)cn1. The van der Waals surface area contributed by atoms with Crippen LogP contribution in [0.2, 0.25) is 0 Å². The van der Waals surface area contributed by atoms with Crippen LogP contribution in [-0.2, 0) is 0 Å². The molecule has 6 heteroatoms. The molecule has 0 aliphatic heterocycles. The van der Waals surface area contributed by atoms with Gasteiger partial charge in [-0.25, -0.2) is 13.8 Å². The Morgan fingerprint density at radius 1 is 1.50 bits per heavy atom. The fraction of sp³-hybridized carbons (Fsp3) is 0.500. The van der Waals surface area contributed by atoms with Crippen molar-refractivity contribution in [1.29, 1.82) is 0 Å². The predicted octanol–water partition coefficient (Wildman–Crippen LogP) is 0.945. The lowest BCUT2D eigenvalue weighted by atomic mass is 10.1. The van der Waals surface area contributed by atoms with Crippen LogP contribution in [0.25, 0.3) is 0 Å². The van der Waals surface area contributed by atoms with Crippen molar-refractivity contribution in [2.24, 2.45) is 5.73 Å². The highest BCUT2D eigenvalue weighted by molar-refractivity contribution is 5.21. The van der Waals surface area contributed by atoms with Crippen LogP contribution in [0.3, 0.4) is 0 Å². The molecule has 1 aromatic heterocycles. The van der Waals surface area contributed by atoms with Crippen LogP contribution in [-0.4, -0.2) is 31.6 Å². The summed E-state index contributed by atoms with van der Waals surface area (Å²) in [6.07, 6.45) is -0.824. The summed E-state index contributed by atoms with van der Waals surface area (Å²) in [4.78, 5) is 3.99. The maximum atomic E-state index is 12.0. The first-order chi connectivity index (χ1) is 7.67. The van der Waals surface area contributed by atoms with Crippen LogP contribution in [0.4, 0.5) is 8.78 Å². The number of rotatable bonds is 6. The number of methoxy groups -OCH3 is 1. The van der Waals surface area contributed by atoms with Crippen molar-refractivity contribution in [3.63, 3.8) is 0 Å². The topological polar surface area (TPSA) is 60.2 Å². The van der Waals surface area contributed by atoms with Gasteiger partial charge >= 0.3 is 0 Å². The van der Waals surface area contributed by atoms with E-state index in [4.69, 9.17) is 10.5 Å². The highest BCUT2D eigenvalue weighted by Crippen LogP contribution is 2.14. The summed E-state index contributed by atoms with van der Waals surface area (Å²) in [7, 11) is 1.51. The summed E-state index contributed by atoms with van der Waals surface area (Å²) in [6.45, 7) is -0.144. The van der Waals surface area contributed by atoms with Crippen molar-refractivity contribution in [2.75, 3.05) is 20.2 Å². The molecule has 3 N–H and O–H groups in total. The van der Waals surface area contributed by atoms with E-state index >= 15 is 0 Å². The first kappa shape index (κ1) is 12.8. The zero-order chi connectivity index (χ0) is 12.0. The average Bonchev–Trinajstić information content (AvgIpc) is 2.30. The van der Waals surface area contributed by atoms with E-state index in [0.29, 0.717) is 5.88 Å². The van der Waals surface area contributed by atoms with Gasteiger partial charge in [0.15, 0.2) is 0 Å². The van der Waals surface area contributed by atoms with Crippen LogP contribution in [0.15, 0.2) is 18.3 Å². The molecule has 1 heterocycles. The van der Waals surface area contributed by atoms with E-state index in [0.717, 1.165) is 5.56 Å². The zero-order valence-electron chi connectivity index (χ0n) is 8.99. The summed E-state index contributed by atoms with van der Waals surface area (Å²) in [6, 6.07) is 3.11. The molecule has 1 aromatic rings. The maximum Gasteiger partial charge on any atom is 0.250 e. The van der Waals surface area contributed by atoms with E-state index in [1.165, 1.54) is 7.11 Å². The smallest absolute Gasteiger partial charge is 0.250 e. The van der Waals surface area contributed by atoms with E-state index in [1.807, 2.05) is 0 Å². The number of ether oxygens (including phenoxy) is 1. The summed E-state index contributed by atoms with van der Waals surface area (Å²) in [5.74, 6) is 0.480. The number of alkyl halides is 2. The fourth-order valence-electron chi connectivity index (χ4n) is 1.29. The molecule has 0 bridgehead atoms. The highest BCUT2D eigenvalue weighted by atomic mass is 19.3. The molecule has 0 saturated carbocycles. The van der Waals surface area contributed by atoms with Gasteiger partial charge in [0, 0.05) is 24.8 Å². The Morgan fingerprint density at radius 3 is 2.69 bits per heavy atom. The average molecular weight is 231 g/mol. The summed E-state index contributed by atoms with van der Waals surface area (Å²) in [5, 5.41) is 2.67. The minimum absolute atomic E-state index is 0.237. The van der Waals surface area contributed by atoms with E-state index < -0.39 is 6.43 Å². The number of nitrogens with one attached hydrogen (secondary N) is 1. The molecule has 0 aliphatic carbocycles. The Morgan fingerprint density at radius 2 is 2.25 bits per heavy atom. The molecule has 0 spiro atoms. The molecule has 0 saturated heterocycles. The summed E-state index contributed by atoms with van der Waals surface area (Å²) < 4.78 is 29.0. The Labute approximate surface area is 92.8 Å². The standard InChI is InChI=1S/C10H15F2N3O/c1-16-10-3-2-7(5-15-10)8(4-13)14-6-9(11)12/h2-3,5,8-9,14H,4,6,13H2,1H3. The molecule has 0 fully saturated rings. The molecule has 1 atom stereocenters. The number of hydrogen-bond acceptors (Lipinski definition) is 4. The molecule has 0 aliphatic rings. The maximum absolute atomic E-state index is 12.0. The quantitative estimate of drug-likeness (QED) is 0.765. The number of pyridine rings is 1. The van der Waals surface area contributed by atoms with E-state index in [2.05, 4.69) is 10.3 Å². The van der Waals surface area contributed by atoms with Crippen molar-refractivity contribution >= 4 is 0 Å². The van der Waals surface area contributed by atoms with Crippen LogP contribution in [0, 0.1) is 0 Å². The van der Waals surface area contributed by atoms with E-state index in [9.17, 15) is 8.78 Å². The molecular weight excluding hydrogens is 216 g/mol. The largest absolute Gasteiger partial charge is 0.481 e. The highest BCUT2D eigenvalue weighted by Gasteiger charge is 2.12. The second-order valence-electron chi connectivity index (χ2n) is 3.22. The number of hydrogen-bond donors (Lipinski definition) is 2. The van der Waals surface area contributed by atoms with Gasteiger partial charge in [0.1, 0.15) is 0 Å². The molecule has 1 rings (SSSR count). The van der Waals surface area contributed by atoms with Crippen molar-refractivity contribution in [3.8, 4) is 5.88 Å². The van der Waals surface area contributed by atoms with Gasteiger partial charge in [-0.15, -0.1) is 0 Å². The minimum atomic E-state index is -2.39. The normalized spacial score (nSPS) is 12.8. The van der Waals surface area contributed by atoms with Gasteiger partial charge in [-0.05, 0) is 5.56 Å². The van der Waals surface area contributed by atoms with Gasteiger partial charge < -0.3 is 15.8 Å². The van der Waals surface area contributed by atoms with Crippen molar-refractivity contribution in [2.45, 2.75) is 12.5 Å². The first-order valence-electron chi connectivity index (χ1n) is 4.89. The molecule has 0 aromatic carbocycles. The van der Waals surface area contributed by atoms with Crippen molar-refractivity contribution in [3.05, 3.63) is 23.9 Å². The Kier molecular flexibility index (Phi) is 5.07. The summed E-state index contributed by atoms with van der Waals surface area (Å²) in [5.41, 5.74) is 6.26. The minimum Gasteiger partial charge on any atom is -0.481 e. The Bertz CT molecular complexity index is 305. The monoisotopic (exact) mass is 231 g/mol. The van der Waals surface area contributed by atoms with Crippen molar-refractivity contribution < 1.29 is 13.5 Å². The molecule has 1 unspecified atom stereocenters. The van der Waals surface area contributed by atoms with E-state index in [1.54, 1.807) is 18.3 Å². The van der Waals surface area contributed by atoms with Crippen LogP contribution >= 0.6 is 0 Å². The van der Waals surface area contributed by atoms with Crippen LogP contribution in [0.1, 0.15) is 11.6 Å². The molecule has 90 valence electrons. The molecule has 4 nitrogen and oxygen atoms in total. The lowest BCUT2D eigenvalue weighted by Gasteiger charge is -2.16. The number of nitrogens with zero attached hydrogens (tertiary/aromatic N) is 1. The fourth-order valence-corrected chi connectivity index (χ4v) is 1.29. The van der Waals surface area contributed by atoms with Gasteiger partial charge in [-0.3, -0.25) is 0 Å². The zero-order valence-corrected chi connectivity index (χ0v) is 8.99. The van der Waals surface area contributed by atoms with Crippen LogP contribution in [0.5, 0.6) is 5.88 Å². The van der Waals surface area contributed by atoms with Gasteiger partial charge in [-0.2, -0.15) is 0 Å². The number of nitrogens with two attached hydrogens (primary N) is 1.